The van der Waals surface area contributed by atoms with Crippen LogP contribution in [0.15, 0.2) is 30.5 Å². The van der Waals surface area contributed by atoms with Gasteiger partial charge in [0.25, 0.3) is 0 Å². The van der Waals surface area contributed by atoms with Crippen molar-refractivity contribution in [2.75, 3.05) is 5.32 Å². The number of rotatable bonds is 3. The minimum Gasteiger partial charge on any atom is -0.378 e. The molecule has 0 aliphatic rings. The number of nitrogens with one attached hydrogen (secondary N) is 1. The molecule has 1 aromatic heterocycles. The summed E-state index contributed by atoms with van der Waals surface area (Å²) in [6, 6.07) is 5.61. The first kappa shape index (κ1) is 12.8. The molecule has 2 rings (SSSR count). The summed E-state index contributed by atoms with van der Waals surface area (Å²) >= 11 is 5.91. The smallest absolute Gasteiger partial charge is 0.159 e. The lowest BCUT2D eigenvalue weighted by atomic mass is 10.2. The molecule has 1 aromatic carbocycles. The van der Waals surface area contributed by atoms with E-state index in [0.717, 1.165) is 17.7 Å². The van der Waals surface area contributed by atoms with E-state index in [2.05, 4.69) is 10.3 Å². The van der Waals surface area contributed by atoms with Crippen molar-refractivity contribution in [1.29, 1.82) is 0 Å². The van der Waals surface area contributed by atoms with Gasteiger partial charge in [0.05, 0.1) is 5.69 Å². The van der Waals surface area contributed by atoms with Gasteiger partial charge in [-0.2, -0.15) is 0 Å². The molecule has 0 fully saturated rings. The molecule has 0 atom stereocenters. The molecule has 1 N–H and O–H groups in total. The van der Waals surface area contributed by atoms with Crippen molar-refractivity contribution in [1.82, 2.24) is 4.98 Å². The van der Waals surface area contributed by atoms with Gasteiger partial charge in [0, 0.05) is 12.7 Å². The Hall–Kier alpha value is -1.68. The third kappa shape index (κ3) is 2.96. The van der Waals surface area contributed by atoms with Crippen molar-refractivity contribution in [2.24, 2.45) is 0 Å². The highest BCUT2D eigenvalue weighted by atomic mass is 35.5. The van der Waals surface area contributed by atoms with Crippen molar-refractivity contribution < 1.29 is 8.78 Å². The lowest BCUT2D eigenvalue weighted by Gasteiger charge is -2.08. The zero-order valence-corrected chi connectivity index (χ0v) is 10.4. The molecule has 0 amide bonds. The quantitative estimate of drug-likeness (QED) is 0.853. The molecule has 1 heterocycles. The predicted molar refractivity (Wildman–Crippen MR) is 67.7 cm³/mol. The third-order valence-corrected chi connectivity index (χ3v) is 2.74. The molecule has 5 heteroatoms. The summed E-state index contributed by atoms with van der Waals surface area (Å²) in [5.74, 6) is -1.71. The molecule has 94 valence electrons. The Morgan fingerprint density at radius 1 is 1.22 bits per heavy atom. The van der Waals surface area contributed by atoms with Crippen LogP contribution in [0.5, 0.6) is 0 Å². The maximum atomic E-state index is 13.0. The maximum Gasteiger partial charge on any atom is 0.159 e. The number of aromatic nitrogens is 1. The average molecular weight is 269 g/mol. The zero-order valence-electron chi connectivity index (χ0n) is 9.67. The van der Waals surface area contributed by atoms with Crippen LogP contribution in [0.2, 0.25) is 5.15 Å². The molecular weight excluding hydrogens is 258 g/mol. The van der Waals surface area contributed by atoms with Gasteiger partial charge in [-0.05, 0) is 36.2 Å². The van der Waals surface area contributed by atoms with Crippen LogP contribution in [-0.2, 0) is 6.54 Å². The van der Waals surface area contributed by atoms with Crippen LogP contribution in [0.1, 0.15) is 11.1 Å². The molecule has 0 saturated heterocycles. The van der Waals surface area contributed by atoms with E-state index in [9.17, 15) is 8.78 Å². The number of aryl methyl sites for hydroxylation is 1. The summed E-state index contributed by atoms with van der Waals surface area (Å²) in [5, 5.41) is 3.38. The monoisotopic (exact) mass is 268 g/mol. The molecule has 0 spiro atoms. The summed E-state index contributed by atoms with van der Waals surface area (Å²) in [4.78, 5) is 3.99. The van der Waals surface area contributed by atoms with Crippen LogP contribution in [0.3, 0.4) is 0 Å². The maximum absolute atomic E-state index is 13.0. The van der Waals surface area contributed by atoms with Crippen molar-refractivity contribution in [3.05, 3.63) is 58.4 Å². The van der Waals surface area contributed by atoms with Crippen LogP contribution >= 0.6 is 11.6 Å². The first-order valence-corrected chi connectivity index (χ1v) is 5.74. The van der Waals surface area contributed by atoms with Gasteiger partial charge in [-0.25, -0.2) is 13.8 Å². The largest absolute Gasteiger partial charge is 0.378 e. The summed E-state index contributed by atoms with van der Waals surface area (Å²) in [7, 11) is 0. The van der Waals surface area contributed by atoms with Crippen LogP contribution in [0, 0.1) is 18.6 Å². The van der Waals surface area contributed by atoms with E-state index < -0.39 is 11.6 Å². The highest BCUT2D eigenvalue weighted by molar-refractivity contribution is 6.31. The molecule has 2 aromatic rings. The summed E-state index contributed by atoms with van der Waals surface area (Å²) in [6.45, 7) is 2.24. The SMILES string of the molecule is Cc1cnc(Cl)c(NCc2ccc(F)c(F)c2)c1. The van der Waals surface area contributed by atoms with Crippen molar-refractivity contribution in [3.63, 3.8) is 0 Å². The van der Waals surface area contributed by atoms with Crippen molar-refractivity contribution in [3.8, 4) is 0 Å². The second kappa shape index (κ2) is 5.31. The molecular formula is C13H11ClF2N2. The van der Waals surface area contributed by atoms with E-state index in [4.69, 9.17) is 11.6 Å². The number of nitrogens with zero attached hydrogens (tertiary/aromatic N) is 1. The van der Waals surface area contributed by atoms with E-state index in [0.29, 0.717) is 22.9 Å². The lowest BCUT2D eigenvalue weighted by molar-refractivity contribution is 0.507. The standard InChI is InChI=1S/C13H11ClF2N2/c1-8-4-12(13(14)18-6-8)17-7-9-2-3-10(15)11(16)5-9/h2-6,17H,7H2,1H3. The molecule has 0 aliphatic heterocycles. The van der Waals surface area contributed by atoms with Gasteiger partial charge < -0.3 is 5.32 Å². The highest BCUT2D eigenvalue weighted by Gasteiger charge is 2.04. The van der Waals surface area contributed by atoms with Gasteiger partial charge in [-0.3, -0.25) is 0 Å². The second-order valence-corrected chi connectivity index (χ2v) is 4.31. The number of benzene rings is 1. The second-order valence-electron chi connectivity index (χ2n) is 3.95. The fourth-order valence-corrected chi connectivity index (χ4v) is 1.69. The van der Waals surface area contributed by atoms with Crippen LogP contribution in [0.25, 0.3) is 0 Å². The Kier molecular flexibility index (Phi) is 3.77. The number of halogens is 3. The summed E-state index contributed by atoms with van der Waals surface area (Å²) < 4.78 is 25.8. The Morgan fingerprint density at radius 2 is 2.00 bits per heavy atom. The van der Waals surface area contributed by atoms with E-state index >= 15 is 0 Å². The van der Waals surface area contributed by atoms with Gasteiger partial charge in [-0.1, -0.05) is 17.7 Å². The number of anilines is 1. The fraction of sp³-hybridized carbons (Fsp3) is 0.154. The zero-order chi connectivity index (χ0) is 13.1. The Morgan fingerprint density at radius 3 is 2.72 bits per heavy atom. The van der Waals surface area contributed by atoms with Gasteiger partial charge in [0.15, 0.2) is 16.8 Å². The summed E-state index contributed by atoms with van der Waals surface area (Å²) in [6.07, 6.45) is 1.66. The Balaban J connectivity index is 2.11. The van der Waals surface area contributed by atoms with Crippen LogP contribution in [0.4, 0.5) is 14.5 Å². The van der Waals surface area contributed by atoms with Gasteiger partial charge >= 0.3 is 0 Å². The van der Waals surface area contributed by atoms with Gasteiger partial charge in [0.2, 0.25) is 0 Å². The fourth-order valence-electron chi connectivity index (χ4n) is 1.52. The van der Waals surface area contributed by atoms with Crippen LogP contribution in [-0.4, -0.2) is 4.98 Å². The Bertz CT molecular complexity index is 573. The molecule has 0 bridgehead atoms. The number of hydrogen-bond donors (Lipinski definition) is 1. The van der Waals surface area contributed by atoms with E-state index in [-0.39, 0.29) is 0 Å². The van der Waals surface area contributed by atoms with Gasteiger partial charge in [-0.15, -0.1) is 0 Å². The van der Waals surface area contributed by atoms with E-state index in [1.165, 1.54) is 6.07 Å². The molecule has 0 saturated carbocycles. The third-order valence-electron chi connectivity index (χ3n) is 2.44. The average Bonchev–Trinajstić information content (AvgIpc) is 2.34. The minimum absolute atomic E-state index is 0.349. The normalized spacial score (nSPS) is 10.4. The van der Waals surface area contributed by atoms with E-state index in [1.54, 1.807) is 6.20 Å². The number of hydrogen-bond acceptors (Lipinski definition) is 2. The van der Waals surface area contributed by atoms with Crippen molar-refractivity contribution in [2.45, 2.75) is 13.5 Å². The van der Waals surface area contributed by atoms with Crippen LogP contribution < -0.4 is 5.32 Å². The minimum atomic E-state index is -0.859. The first-order valence-electron chi connectivity index (χ1n) is 5.36. The highest BCUT2D eigenvalue weighted by Crippen LogP contribution is 2.20. The molecule has 0 radical (unpaired) electrons. The van der Waals surface area contributed by atoms with Crippen molar-refractivity contribution >= 4 is 17.3 Å². The molecule has 0 unspecified atom stereocenters. The first-order chi connectivity index (χ1) is 8.56. The van der Waals surface area contributed by atoms with E-state index in [1.807, 2.05) is 13.0 Å². The molecule has 0 aliphatic carbocycles. The lowest BCUT2D eigenvalue weighted by Crippen LogP contribution is -2.02. The molecule has 18 heavy (non-hydrogen) atoms. The van der Waals surface area contributed by atoms with Gasteiger partial charge in [0.1, 0.15) is 0 Å². The number of pyridine rings is 1. The predicted octanol–water partition coefficient (Wildman–Crippen LogP) is 3.93. The molecule has 2 nitrogen and oxygen atoms in total. The summed E-state index contributed by atoms with van der Waals surface area (Å²) in [5.41, 5.74) is 2.26. The topological polar surface area (TPSA) is 24.9 Å². The Labute approximate surface area is 109 Å².